The fraction of sp³-hybridized carbons (Fsp3) is 0.333. The largest absolute Gasteiger partial charge is 0.479 e. The lowest BCUT2D eigenvalue weighted by atomic mass is 10.2. The molecule has 1 unspecified atom stereocenters. The minimum Gasteiger partial charge on any atom is -0.479 e. The Balaban J connectivity index is 2.36. The summed E-state index contributed by atoms with van der Waals surface area (Å²) in [6.07, 6.45) is -1.38. The Morgan fingerprint density at radius 1 is 1.40 bits per heavy atom. The molecule has 7 nitrogen and oxygen atoms in total. The van der Waals surface area contributed by atoms with Crippen LogP contribution in [-0.4, -0.2) is 49.0 Å². The molecule has 1 heterocycles. The molecule has 1 aliphatic heterocycles. The van der Waals surface area contributed by atoms with Crippen LogP contribution in [0.15, 0.2) is 29.2 Å². The van der Waals surface area contributed by atoms with Crippen molar-refractivity contribution in [1.29, 1.82) is 0 Å². The Morgan fingerprint density at radius 3 is 2.60 bits per heavy atom. The van der Waals surface area contributed by atoms with E-state index in [-0.39, 0.29) is 17.1 Å². The van der Waals surface area contributed by atoms with E-state index in [1.807, 2.05) is 0 Å². The minimum absolute atomic E-state index is 0.0492. The summed E-state index contributed by atoms with van der Waals surface area (Å²) in [5.41, 5.74) is 0.0492. The topological polar surface area (TPSA) is 101 Å². The number of fused-ring (bicyclic) bond motifs is 1. The summed E-state index contributed by atoms with van der Waals surface area (Å²) in [6, 6.07) is 5.77. The molecule has 8 heteroatoms. The molecule has 0 saturated carbocycles. The Bertz CT molecular complexity index is 654. The van der Waals surface area contributed by atoms with E-state index >= 15 is 0 Å². The molecule has 1 aromatic rings. The van der Waals surface area contributed by atoms with Gasteiger partial charge in [0.2, 0.25) is 0 Å². The maximum Gasteiger partial charge on any atom is 0.334 e. The first kappa shape index (κ1) is 14.5. The van der Waals surface area contributed by atoms with Gasteiger partial charge in [0.1, 0.15) is 4.90 Å². The number of hydrogen-bond acceptors (Lipinski definition) is 5. The van der Waals surface area contributed by atoms with Crippen LogP contribution in [0.3, 0.4) is 0 Å². The normalized spacial score (nSPS) is 17.9. The average molecular weight is 299 g/mol. The van der Waals surface area contributed by atoms with Crippen molar-refractivity contribution in [2.24, 2.45) is 0 Å². The molecule has 0 bridgehead atoms. The van der Waals surface area contributed by atoms with E-state index < -0.39 is 34.5 Å². The summed E-state index contributed by atoms with van der Waals surface area (Å²) < 4.78 is 29.9. The summed E-state index contributed by atoms with van der Waals surface area (Å²) in [4.78, 5) is 23.0. The highest BCUT2D eigenvalue weighted by Crippen LogP contribution is 2.30. The predicted molar refractivity (Wildman–Crippen MR) is 67.7 cm³/mol. The van der Waals surface area contributed by atoms with Crippen molar-refractivity contribution in [3.05, 3.63) is 29.8 Å². The third-order valence-electron chi connectivity index (χ3n) is 2.89. The Kier molecular flexibility index (Phi) is 3.78. The van der Waals surface area contributed by atoms with E-state index in [1.54, 1.807) is 13.0 Å². The molecule has 1 atom stereocenters. The molecule has 1 aromatic carbocycles. The number of carbonyl (C=O) groups is 2. The van der Waals surface area contributed by atoms with Crippen LogP contribution in [0.25, 0.3) is 0 Å². The second kappa shape index (κ2) is 5.22. The third kappa shape index (κ3) is 2.27. The molecule has 0 aromatic heterocycles. The number of carboxylic acids is 1. The van der Waals surface area contributed by atoms with Crippen molar-refractivity contribution in [3.63, 3.8) is 0 Å². The van der Waals surface area contributed by atoms with Gasteiger partial charge in [-0.15, -0.1) is 0 Å². The maximum atomic E-state index is 12.2. The molecule has 2 rings (SSSR count). The summed E-state index contributed by atoms with van der Waals surface area (Å²) >= 11 is 0. The van der Waals surface area contributed by atoms with Crippen molar-refractivity contribution < 1.29 is 27.9 Å². The Hall–Kier alpha value is -1.93. The second-order valence-corrected chi connectivity index (χ2v) is 5.95. The minimum atomic E-state index is -4.00. The Labute approximate surface area is 115 Å². The molecule has 0 saturated heterocycles. The van der Waals surface area contributed by atoms with E-state index in [4.69, 9.17) is 9.84 Å². The van der Waals surface area contributed by atoms with Gasteiger partial charge in [0.25, 0.3) is 15.9 Å². The average Bonchev–Trinajstić information content (AvgIpc) is 2.59. The lowest BCUT2D eigenvalue weighted by Crippen LogP contribution is -2.41. The van der Waals surface area contributed by atoms with Gasteiger partial charge in [-0.3, -0.25) is 4.79 Å². The second-order valence-electron chi connectivity index (χ2n) is 4.12. The lowest BCUT2D eigenvalue weighted by Gasteiger charge is -2.19. The number of carboxylic acid groups (broad SMARTS) is 1. The lowest BCUT2D eigenvalue weighted by molar-refractivity contribution is -0.150. The van der Waals surface area contributed by atoms with Crippen molar-refractivity contribution >= 4 is 21.9 Å². The highest BCUT2D eigenvalue weighted by atomic mass is 32.2. The van der Waals surface area contributed by atoms with Gasteiger partial charge in [-0.2, -0.15) is 0 Å². The molecule has 0 spiro atoms. The summed E-state index contributed by atoms with van der Waals surface area (Å²) in [5, 5.41) is 8.98. The molecular formula is C12H13NO6S. The molecular weight excluding hydrogens is 286 g/mol. The van der Waals surface area contributed by atoms with Crippen LogP contribution >= 0.6 is 0 Å². The van der Waals surface area contributed by atoms with Crippen LogP contribution < -0.4 is 0 Å². The molecule has 1 amide bonds. The van der Waals surface area contributed by atoms with Crippen LogP contribution in [0.5, 0.6) is 0 Å². The summed E-state index contributed by atoms with van der Waals surface area (Å²) in [6.45, 7) is 1.15. The highest BCUT2D eigenvalue weighted by Gasteiger charge is 2.42. The molecule has 1 aliphatic rings. The van der Waals surface area contributed by atoms with Crippen molar-refractivity contribution in [2.45, 2.75) is 17.9 Å². The van der Waals surface area contributed by atoms with Crippen LogP contribution in [-0.2, 0) is 19.6 Å². The predicted octanol–water partition coefficient (Wildman–Crippen LogP) is 0.321. The van der Waals surface area contributed by atoms with Gasteiger partial charge in [-0.1, -0.05) is 12.1 Å². The third-order valence-corrected chi connectivity index (χ3v) is 4.69. The molecule has 0 fully saturated rings. The van der Waals surface area contributed by atoms with Gasteiger partial charge in [0, 0.05) is 6.61 Å². The van der Waals surface area contributed by atoms with E-state index in [0.29, 0.717) is 4.31 Å². The molecule has 1 N–H and O–H groups in total. The van der Waals surface area contributed by atoms with Gasteiger partial charge in [0.05, 0.1) is 12.1 Å². The summed E-state index contributed by atoms with van der Waals surface area (Å²) in [5.74, 6) is -2.04. The zero-order valence-electron chi connectivity index (χ0n) is 10.6. The molecule has 108 valence electrons. The SMILES string of the molecule is CCOC(CN1C(=O)c2ccccc2S1(=O)=O)C(=O)O. The number of amides is 1. The van der Waals surface area contributed by atoms with Crippen LogP contribution in [0.2, 0.25) is 0 Å². The van der Waals surface area contributed by atoms with E-state index in [9.17, 15) is 18.0 Å². The number of hydrogen-bond donors (Lipinski definition) is 1. The van der Waals surface area contributed by atoms with Crippen LogP contribution in [0.1, 0.15) is 17.3 Å². The number of ether oxygens (including phenoxy) is 1. The first-order chi connectivity index (χ1) is 9.39. The first-order valence-electron chi connectivity index (χ1n) is 5.90. The monoisotopic (exact) mass is 299 g/mol. The number of sulfonamides is 1. The number of nitrogens with zero attached hydrogens (tertiary/aromatic N) is 1. The van der Waals surface area contributed by atoms with Gasteiger partial charge in [0.15, 0.2) is 6.10 Å². The van der Waals surface area contributed by atoms with Crippen molar-refractivity contribution in [2.75, 3.05) is 13.2 Å². The van der Waals surface area contributed by atoms with Gasteiger partial charge in [-0.05, 0) is 19.1 Å². The van der Waals surface area contributed by atoms with E-state index in [2.05, 4.69) is 0 Å². The highest BCUT2D eigenvalue weighted by molar-refractivity contribution is 7.90. The quantitative estimate of drug-likeness (QED) is 0.840. The van der Waals surface area contributed by atoms with Crippen LogP contribution in [0.4, 0.5) is 0 Å². The van der Waals surface area contributed by atoms with Gasteiger partial charge in [-0.25, -0.2) is 17.5 Å². The number of aliphatic carboxylic acids is 1. The van der Waals surface area contributed by atoms with Crippen LogP contribution in [0, 0.1) is 0 Å². The number of benzene rings is 1. The number of rotatable bonds is 5. The fourth-order valence-corrected chi connectivity index (χ4v) is 3.53. The molecule has 0 radical (unpaired) electrons. The van der Waals surface area contributed by atoms with Gasteiger partial charge < -0.3 is 9.84 Å². The first-order valence-corrected chi connectivity index (χ1v) is 7.34. The standard InChI is InChI=1S/C12H13NO6S/c1-2-19-9(12(15)16)7-13-11(14)8-5-3-4-6-10(8)20(13,17)18/h3-6,9H,2,7H2,1H3,(H,15,16). The van der Waals surface area contributed by atoms with Crippen molar-refractivity contribution in [3.8, 4) is 0 Å². The van der Waals surface area contributed by atoms with E-state index in [1.165, 1.54) is 18.2 Å². The molecule has 20 heavy (non-hydrogen) atoms. The van der Waals surface area contributed by atoms with E-state index in [0.717, 1.165) is 0 Å². The summed E-state index contributed by atoms with van der Waals surface area (Å²) in [7, 11) is -4.00. The maximum absolute atomic E-state index is 12.2. The van der Waals surface area contributed by atoms with Crippen molar-refractivity contribution in [1.82, 2.24) is 4.31 Å². The number of carbonyl (C=O) groups excluding carboxylic acids is 1. The molecule has 0 aliphatic carbocycles. The Morgan fingerprint density at radius 2 is 2.05 bits per heavy atom. The fourth-order valence-electron chi connectivity index (χ4n) is 1.97. The zero-order chi connectivity index (χ0) is 14.9. The smallest absolute Gasteiger partial charge is 0.334 e. The zero-order valence-corrected chi connectivity index (χ0v) is 11.5. The van der Waals surface area contributed by atoms with Gasteiger partial charge >= 0.3 is 5.97 Å².